The van der Waals surface area contributed by atoms with Gasteiger partial charge in [-0.15, -0.1) is 0 Å². The molecule has 0 heterocycles. The molecule has 1 aliphatic rings. The average Bonchev–Trinajstić information content (AvgIpc) is 2.21. The maximum atomic E-state index is 2.26. The van der Waals surface area contributed by atoms with Gasteiger partial charge >= 0.3 is 0 Å². The first-order chi connectivity index (χ1) is 6.45. The smallest absolute Gasteiger partial charge is 0.0250 e. The molecule has 0 radical (unpaired) electrons. The van der Waals surface area contributed by atoms with E-state index in [4.69, 9.17) is 0 Å². The fraction of sp³-hybridized carbons (Fsp3) is 0.571. The summed E-state index contributed by atoms with van der Waals surface area (Å²) in [5.74, 6) is 0.969. The van der Waals surface area contributed by atoms with Crippen molar-refractivity contribution in [3.63, 3.8) is 0 Å². The van der Waals surface area contributed by atoms with E-state index in [9.17, 15) is 0 Å². The van der Waals surface area contributed by atoms with Gasteiger partial charge in [-0.3, -0.25) is 0 Å². The van der Waals surface area contributed by atoms with Gasteiger partial charge in [0.05, 0.1) is 0 Å². The van der Waals surface area contributed by atoms with Gasteiger partial charge in [0.25, 0.3) is 0 Å². The van der Waals surface area contributed by atoms with Gasteiger partial charge in [0, 0.05) is 0 Å². The number of hydrogen-bond acceptors (Lipinski definition) is 0. The molecule has 0 spiro atoms. The van der Waals surface area contributed by atoms with E-state index in [1.54, 1.807) is 0 Å². The Balaban J connectivity index is 0.000000980. The number of hydrogen-bond donors (Lipinski definition) is 0. The molecule has 0 aromatic heterocycles. The van der Waals surface area contributed by atoms with Gasteiger partial charge in [-0.05, 0) is 17.9 Å². The van der Waals surface area contributed by atoms with Crippen LogP contribution in [-0.2, 0) is 6.42 Å². The lowest BCUT2D eigenvalue weighted by molar-refractivity contribution is 0.356. The minimum Gasteiger partial charge on any atom is -0.0776 e. The van der Waals surface area contributed by atoms with Gasteiger partial charge in [-0.1, -0.05) is 69.9 Å². The Morgan fingerprint density at radius 1 is 0.929 bits per heavy atom. The van der Waals surface area contributed by atoms with Gasteiger partial charge in [-0.2, -0.15) is 0 Å². The van der Waals surface area contributed by atoms with E-state index in [0.717, 1.165) is 5.92 Å². The quantitative estimate of drug-likeness (QED) is 0.646. The molecule has 2 rings (SSSR count). The molecular formula is C14H22. The highest BCUT2D eigenvalue weighted by Gasteiger charge is 2.13. The highest BCUT2D eigenvalue weighted by atomic mass is 14.2. The molecule has 0 amide bonds. The Kier molecular flexibility index (Phi) is 4.72. The molecule has 0 N–H and O–H groups in total. The molecule has 0 atom stereocenters. The van der Waals surface area contributed by atoms with Gasteiger partial charge in [-0.25, -0.2) is 0 Å². The summed E-state index contributed by atoms with van der Waals surface area (Å²) in [6.45, 7) is 0. The number of rotatable bonds is 2. The topological polar surface area (TPSA) is 0 Å². The fourth-order valence-corrected chi connectivity index (χ4v) is 2.34. The standard InChI is InChI=1S/C13H18.CH4/c1-3-7-12(8-4-1)11-13-9-5-2-6-10-13;/h1,3-4,7-8,13H,2,5-6,9-11H2;1H4. The van der Waals surface area contributed by atoms with E-state index in [-0.39, 0.29) is 7.43 Å². The van der Waals surface area contributed by atoms with Crippen LogP contribution in [0.3, 0.4) is 0 Å². The molecule has 0 saturated heterocycles. The molecule has 14 heavy (non-hydrogen) atoms. The van der Waals surface area contributed by atoms with Crippen molar-refractivity contribution in [2.45, 2.75) is 46.0 Å². The second-order valence-electron chi connectivity index (χ2n) is 4.19. The van der Waals surface area contributed by atoms with Crippen molar-refractivity contribution >= 4 is 0 Å². The summed E-state index contributed by atoms with van der Waals surface area (Å²) >= 11 is 0. The molecule has 1 aliphatic carbocycles. The summed E-state index contributed by atoms with van der Waals surface area (Å²) in [6, 6.07) is 10.9. The lowest BCUT2D eigenvalue weighted by Crippen LogP contribution is -2.08. The van der Waals surface area contributed by atoms with Crippen molar-refractivity contribution in [2.24, 2.45) is 5.92 Å². The minimum absolute atomic E-state index is 0. The Labute approximate surface area is 88.4 Å². The van der Waals surface area contributed by atoms with Crippen molar-refractivity contribution in [1.82, 2.24) is 0 Å². The van der Waals surface area contributed by atoms with Crippen molar-refractivity contribution in [3.05, 3.63) is 35.9 Å². The molecule has 0 unspecified atom stereocenters. The summed E-state index contributed by atoms with van der Waals surface area (Å²) in [5.41, 5.74) is 1.52. The van der Waals surface area contributed by atoms with Crippen molar-refractivity contribution in [3.8, 4) is 0 Å². The molecular weight excluding hydrogens is 168 g/mol. The Morgan fingerprint density at radius 2 is 1.57 bits per heavy atom. The van der Waals surface area contributed by atoms with E-state index >= 15 is 0 Å². The van der Waals surface area contributed by atoms with Crippen LogP contribution >= 0.6 is 0 Å². The SMILES string of the molecule is C.c1ccc(CC2CCCCC2)cc1. The van der Waals surface area contributed by atoms with Crippen LogP contribution < -0.4 is 0 Å². The Hall–Kier alpha value is -0.780. The Bertz CT molecular complexity index is 231. The van der Waals surface area contributed by atoms with E-state index in [1.807, 2.05) is 0 Å². The molecule has 1 saturated carbocycles. The highest BCUT2D eigenvalue weighted by molar-refractivity contribution is 5.15. The predicted octanol–water partition coefficient (Wildman–Crippen LogP) is 4.45. The van der Waals surface area contributed by atoms with Gasteiger partial charge in [0.1, 0.15) is 0 Å². The lowest BCUT2D eigenvalue weighted by atomic mass is 9.85. The molecule has 0 bridgehead atoms. The zero-order chi connectivity index (χ0) is 8.93. The third kappa shape index (κ3) is 3.17. The van der Waals surface area contributed by atoms with E-state index in [1.165, 1.54) is 44.1 Å². The van der Waals surface area contributed by atoms with Gasteiger partial charge < -0.3 is 0 Å². The van der Waals surface area contributed by atoms with E-state index < -0.39 is 0 Å². The molecule has 1 fully saturated rings. The third-order valence-electron chi connectivity index (χ3n) is 3.09. The average molecular weight is 190 g/mol. The molecule has 0 heteroatoms. The van der Waals surface area contributed by atoms with Crippen LogP contribution in [0.15, 0.2) is 30.3 Å². The van der Waals surface area contributed by atoms with Gasteiger partial charge in [0.15, 0.2) is 0 Å². The summed E-state index contributed by atoms with van der Waals surface area (Å²) in [4.78, 5) is 0. The zero-order valence-electron chi connectivity index (χ0n) is 8.21. The van der Waals surface area contributed by atoms with Crippen LogP contribution in [0, 0.1) is 5.92 Å². The zero-order valence-corrected chi connectivity index (χ0v) is 8.21. The minimum atomic E-state index is 0. The first-order valence-corrected chi connectivity index (χ1v) is 5.49. The summed E-state index contributed by atoms with van der Waals surface area (Å²) < 4.78 is 0. The second-order valence-corrected chi connectivity index (χ2v) is 4.19. The summed E-state index contributed by atoms with van der Waals surface area (Å²) in [5, 5.41) is 0. The van der Waals surface area contributed by atoms with Crippen LogP contribution in [0.4, 0.5) is 0 Å². The van der Waals surface area contributed by atoms with Crippen LogP contribution in [0.5, 0.6) is 0 Å². The first kappa shape index (κ1) is 11.3. The maximum Gasteiger partial charge on any atom is -0.0250 e. The third-order valence-corrected chi connectivity index (χ3v) is 3.09. The highest BCUT2D eigenvalue weighted by Crippen LogP contribution is 2.26. The van der Waals surface area contributed by atoms with Crippen LogP contribution in [0.25, 0.3) is 0 Å². The van der Waals surface area contributed by atoms with Crippen molar-refractivity contribution in [1.29, 1.82) is 0 Å². The largest absolute Gasteiger partial charge is 0.0776 e. The molecule has 78 valence electrons. The van der Waals surface area contributed by atoms with Crippen molar-refractivity contribution < 1.29 is 0 Å². The van der Waals surface area contributed by atoms with Gasteiger partial charge in [0.2, 0.25) is 0 Å². The second kappa shape index (κ2) is 5.85. The normalized spacial score (nSPS) is 17.4. The van der Waals surface area contributed by atoms with E-state index in [2.05, 4.69) is 30.3 Å². The first-order valence-electron chi connectivity index (χ1n) is 5.49. The van der Waals surface area contributed by atoms with Crippen LogP contribution in [-0.4, -0.2) is 0 Å². The predicted molar refractivity (Wildman–Crippen MR) is 63.5 cm³/mol. The monoisotopic (exact) mass is 190 g/mol. The Morgan fingerprint density at radius 3 is 2.21 bits per heavy atom. The fourth-order valence-electron chi connectivity index (χ4n) is 2.34. The summed E-state index contributed by atoms with van der Waals surface area (Å²) in [7, 11) is 0. The van der Waals surface area contributed by atoms with Crippen LogP contribution in [0.1, 0.15) is 45.1 Å². The molecule has 1 aromatic rings. The summed E-state index contributed by atoms with van der Waals surface area (Å²) in [6.07, 6.45) is 8.59. The van der Waals surface area contributed by atoms with Crippen LogP contribution in [0.2, 0.25) is 0 Å². The molecule has 1 aromatic carbocycles. The maximum absolute atomic E-state index is 2.26. The van der Waals surface area contributed by atoms with Crippen molar-refractivity contribution in [2.75, 3.05) is 0 Å². The molecule has 0 nitrogen and oxygen atoms in total. The van der Waals surface area contributed by atoms with E-state index in [0.29, 0.717) is 0 Å². The lowest BCUT2D eigenvalue weighted by Gasteiger charge is -2.21. The number of benzene rings is 1. The molecule has 0 aliphatic heterocycles.